The van der Waals surface area contributed by atoms with Gasteiger partial charge in [-0.2, -0.15) is 11.8 Å². The van der Waals surface area contributed by atoms with Gasteiger partial charge in [-0.15, -0.1) is 0 Å². The first kappa shape index (κ1) is 15.7. The van der Waals surface area contributed by atoms with Crippen LogP contribution in [0, 0.1) is 11.3 Å². The molecule has 2 aliphatic heterocycles. The molecule has 2 rings (SSSR count). The molecule has 3 heteroatoms. The van der Waals surface area contributed by atoms with Crippen LogP contribution < -0.4 is 5.32 Å². The summed E-state index contributed by atoms with van der Waals surface area (Å²) in [7, 11) is 0. The summed E-state index contributed by atoms with van der Waals surface area (Å²) in [6, 6.07) is 0.662. The Balaban J connectivity index is 1.84. The molecule has 1 N–H and O–H groups in total. The number of ether oxygens (including phenoxy) is 1. The van der Waals surface area contributed by atoms with E-state index in [1.807, 2.05) is 0 Å². The topological polar surface area (TPSA) is 21.3 Å². The SMILES string of the molecule is CC(C)C(C)(C)CNC1CCOC2(CCSCC2)C1. The smallest absolute Gasteiger partial charge is 0.0713 e. The Morgan fingerprint density at radius 2 is 2.00 bits per heavy atom. The minimum atomic E-state index is 0.211. The maximum Gasteiger partial charge on any atom is 0.0713 e. The van der Waals surface area contributed by atoms with Gasteiger partial charge in [-0.05, 0) is 48.5 Å². The van der Waals surface area contributed by atoms with Gasteiger partial charge in [-0.25, -0.2) is 0 Å². The summed E-state index contributed by atoms with van der Waals surface area (Å²) in [5.41, 5.74) is 0.594. The van der Waals surface area contributed by atoms with Crippen molar-refractivity contribution in [2.45, 2.75) is 65.0 Å². The summed E-state index contributed by atoms with van der Waals surface area (Å²) in [5, 5.41) is 3.83. The molecule has 112 valence electrons. The van der Waals surface area contributed by atoms with Gasteiger partial charge in [0.2, 0.25) is 0 Å². The molecule has 2 fully saturated rings. The summed E-state index contributed by atoms with van der Waals surface area (Å²) in [4.78, 5) is 0. The summed E-state index contributed by atoms with van der Waals surface area (Å²) in [6.07, 6.45) is 4.91. The van der Waals surface area contributed by atoms with Crippen LogP contribution in [0.4, 0.5) is 0 Å². The maximum atomic E-state index is 6.16. The molecule has 1 atom stereocenters. The Hall–Kier alpha value is 0.270. The van der Waals surface area contributed by atoms with Gasteiger partial charge in [-0.1, -0.05) is 27.7 Å². The third-order valence-electron chi connectivity index (χ3n) is 5.31. The van der Waals surface area contributed by atoms with Gasteiger partial charge in [0.1, 0.15) is 0 Å². The standard InChI is InChI=1S/C16H31NOS/c1-13(2)15(3,4)12-17-14-5-8-18-16(11-14)6-9-19-10-7-16/h13-14,17H,5-12H2,1-4H3. The summed E-state index contributed by atoms with van der Waals surface area (Å²) < 4.78 is 6.16. The van der Waals surface area contributed by atoms with Crippen molar-refractivity contribution in [2.75, 3.05) is 24.7 Å². The third-order valence-corrected chi connectivity index (χ3v) is 6.29. The second-order valence-corrected chi connectivity index (χ2v) is 8.58. The van der Waals surface area contributed by atoms with E-state index in [2.05, 4.69) is 44.8 Å². The van der Waals surface area contributed by atoms with Crippen molar-refractivity contribution in [3.63, 3.8) is 0 Å². The zero-order valence-electron chi connectivity index (χ0n) is 13.1. The van der Waals surface area contributed by atoms with Crippen LogP contribution in [-0.2, 0) is 4.74 Å². The minimum Gasteiger partial charge on any atom is -0.375 e. The summed E-state index contributed by atoms with van der Waals surface area (Å²) in [5.74, 6) is 3.29. The Kier molecular flexibility index (Phi) is 5.24. The fourth-order valence-corrected chi connectivity index (χ4v) is 4.14. The number of hydrogen-bond acceptors (Lipinski definition) is 3. The molecular formula is C16H31NOS. The largest absolute Gasteiger partial charge is 0.375 e. The first-order chi connectivity index (χ1) is 8.94. The van der Waals surface area contributed by atoms with Crippen LogP contribution in [-0.4, -0.2) is 36.3 Å². The Morgan fingerprint density at radius 1 is 1.32 bits per heavy atom. The molecule has 0 saturated carbocycles. The number of thioether (sulfide) groups is 1. The molecule has 19 heavy (non-hydrogen) atoms. The quantitative estimate of drug-likeness (QED) is 0.851. The van der Waals surface area contributed by atoms with Crippen LogP contribution >= 0.6 is 11.8 Å². The van der Waals surface area contributed by atoms with Crippen molar-refractivity contribution >= 4 is 11.8 Å². The molecule has 0 aliphatic carbocycles. The first-order valence-corrected chi connectivity index (χ1v) is 9.04. The average molecular weight is 285 g/mol. The van der Waals surface area contributed by atoms with Crippen LogP contribution in [0.5, 0.6) is 0 Å². The van der Waals surface area contributed by atoms with Gasteiger partial charge in [0.25, 0.3) is 0 Å². The van der Waals surface area contributed by atoms with Crippen molar-refractivity contribution in [3.8, 4) is 0 Å². The second kappa shape index (κ2) is 6.36. The van der Waals surface area contributed by atoms with Gasteiger partial charge >= 0.3 is 0 Å². The zero-order chi connectivity index (χ0) is 13.9. The van der Waals surface area contributed by atoms with Crippen molar-refractivity contribution in [3.05, 3.63) is 0 Å². The van der Waals surface area contributed by atoms with E-state index >= 15 is 0 Å². The van der Waals surface area contributed by atoms with Gasteiger partial charge in [0, 0.05) is 19.2 Å². The van der Waals surface area contributed by atoms with Crippen LogP contribution in [0.1, 0.15) is 53.4 Å². The van der Waals surface area contributed by atoms with Crippen molar-refractivity contribution < 1.29 is 4.74 Å². The third kappa shape index (κ3) is 4.12. The lowest BCUT2D eigenvalue weighted by molar-refractivity contribution is -0.0940. The van der Waals surface area contributed by atoms with E-state index in [9.17, 15) is 0 Å². The van der Waals surface area contributed by atoms with Gasteiger partial charge in [0.05, 0.1) is 5.60 Å². The van der Waals surface area contributed by atoms with E-state index in [0.717, 1.165) is 19.1 Å². The lowest BCUT2D eigenvalue weighted by Crippen LogP contribution is -2.50. The normalized spacial score (nSPS) is 27.9. The van der Waals surface area contributed by atoms with Crippen molar-refractivity contribution in [1.82, 2.24) is 5.32 Å². The Labute approximate surface area is 123 Å². The van der Waals surface area contributed by atoms with Crippen LogP contribution in [0.15, 0.2) is 0 Å². The highest BCUT2D eigenvalue weighted by atomic mass is 32.2. The molecular weight excluding hydrogens is 254 g/mol. The molecule has 0 bridgehead atoms. The molecule has 0 aromatic heterocycles. The highest BCUT2D eigenvalue weighted by Crippen LogP contribution is 2.37. The molecule has 0 radical (unpaired) electrons. The Morgan fingerprint density at radius 3 is 2.63 bits per heavy atom. The van der Waals surface area contributed by atoms with Gasteiger partial charge in [-0.3, -0.25) is 0 Å². The highest BCUT2D eigenvalue weighted by Gasteiger charge is 2.39. The van der Waals surface area contributed by atoms with Crippen LogP contribution in [0.2, 0.25) is 0 Å². The number of hydrogen-bond donors (Lipinski definition) is 1. The van der Waals surface area contributed by atoms with Crippen molar-refractivity contribution in [2.24, 2.45) is 11.3 Å². The molecule has 2 aliphatic rings. The molecule has 2 nitrogen and oxygen atoms in total. The van der Waals surface area contributed by atoms with E-state index in [1.54, 1.807) is 0 Å². The number of nitrogens with one attached hydrogen (secondary N) is 1. The zero-order valence-corrected chi connectivity index (χ0v) is 13.9. The fraction of sp³-hybridized carbons (Fsp3) is 1.00. The van der Waals surface area contributed by atoms with Gasteiger partial charge < -0.3 is 10.1 Å². The monoisotopic (exact) mass is 285 g/mol. The predicted octanol–water partition coefficient (Wildman–Crippen LogP) is 3.70. The molecule has 2 heterocycles. The van der Waals surface area contributed by atoms with E-state index in [4.69, 9.17) is 4.74 Å². The average Bonchev–Trinajstić information content (AvgIpc) is 2.37. The molecule has 0 aromatic carbocycles. The maximum absolute atomic E-state index is 6.16. The lowest BCUT2D eigenvalue weighted by atomic mass is 9.80. The molecule has 1 unspecified atom stereocenters. The molecule has 2 saturated heterocycles. The van der Waals surface area contributed by atoms with E-state index < -0.39 is 0 Å². The number of rotatable bonds is 4. The first-order valence-electron chi connectivity index (χ1n) is 7.89. The van der Waals surface area contributed by atoms with E-state index in [-0.39, 0.29) is 5.60 Å². The van der Waals surface area contributed by atoms with Crippen molar-refractivity contribution in [1.29, 1.82) is 0 Å². The molecule has 1 spiro atoms. The molecule has 0 amide bonds. The van der Waals surface area contributed by atoms with E-state index in [0.29, 0.717) is 11.5 Å². The van der Waals surface area contributed by atoms with Crippen LogP contribution in [0.25, 0.3) is 0 Å². The summed E-state index contributed by atoms with van der Waals surface area (Å²) >= 11 is 2.08. The van der Waals surface area contributed by atoms with Gasteiger partial charge in [0.15, 0.2) is 0 Å². The van der Waals surface area contributed by atoms with E-state index in [1.165, 1.54) is 37.2 Å². The fourth-order valence-electron chi connectivity index (χ4n) is 2.91. The summed E-state index contributed by atoms with van der Waals surface area (Å²) in [6.45, 7) is 11.5. The Bertz CT molecular complexity index is 279. The van der Waals surface area contributed by atoms with Crippen LogP contribution in [0.3, 0.4) is 0 Å². The predicted molar refractivity (Wildman–Crippen MR) is 84.9 cm³/mol. The highest BCUT2D eigenvalue weighted by molar-refractivity contribution is 7.99. The minimum absolute atomic E-state index is 0.211. The second-order valence-electron chi connectivity index (χ2n) is 7.36. The lowest BCUT2D eigenvalue weighted by Gasteiger charge is -2.44. The molecule has 0 aromatic rings.